The first kappa shape index (κ1) is 21.9. The maximum absolute atomic E-state index is 12.7. The molecule has 0 spiro atoms. The van der Waals surface area contributed by atoms with Gasteiger partial charge in [-0.15, -0.1) is 0 Å². The van der Waals surface area contributed by atoms with Gasteiger partial charge in [0.15, 0.2) is 6.10 Å². The largest absolute Gasteiger partial charge is 0.481 e. The fourth-order valence-electron chi connectivity index (χ4n) is 2.72. The maximum Gasteiger partial charge on any atom is 0.339 e. The van der Waals surface area contributed by atoms with Crippen molar-refractivity contribution in [1.82, 2.24) is 0 Å². The summed E-state index contributed by atoms with van der Waals surface area (Å²) in [4.78, 5) is 36.5. The number of para-hydroxylation sites is 1. The van der Waals surface area contributed by atoms with Crippen molar-refractivity contribution in [3.05, 3.63) is 59.2 Å². The Morgan fingerprint density at radius 3 is 2.17 bits per heavy atom. The van der Waals surface area contributed by atoms with Crippen LogP contribution in [0.1, 0.15) is 53.0 Å². The summed E-state index contributed by atoms with van der Waals surface area (Å²) in [7, 11) is 2.48. The molecule has 0 aliphatic carbocycles. The first-order valence-corrected chi connectivity index (χ1v) is 9.15. The molecule has 0 heterocycles. The number of amides is 1. The fourth-order valence-corrected chi connectivity index (χ4v) is 2.72. The predicted octanol–water partition coefficient (Wildman–Crippen LogP) is 3.79. The molecule has 1 unspecified atom stereocenters. The van der Waals surface area contributed by atoms with Crippen molar-refractivity contribution >= 4 is 23.5 Å². The predicted molar refractivity (Wildman–Crippen MR) is 108 cm³/mol. The van der Waals surface area contributed by atoms with E-state index in [2.05, 4.69) is 5.32 Å². The number of benzene rings is 2. The molecule has 1 amide bonds. The van der Waals surface area contributed by atoms with E-state index in [1.807, 2.05) is 32.0 Å². The molecule has 7 heteroatoms. The molecule has 29 heavy (non-hydrogen) atoms. The second-order valence-corrected chi connectivity index (χ2v) is 6.69. The summed E-state index contributed by atoms with van der Waals surface area (Å²) in [5.74, 6) is -0.871. The molecular weight excluding hydrogens is 374 g/mol. The van der Waals surface area contributed by atoms with Crippen molar-refractivity contribution in [2.75, 3.05) is 19.5 Å². The van der Waals surface area contributed by atoms with Crippen LogP contribution < -0.4 is 10.1 Å². The van der Waals surface area contributed by atoms with Gasteiger partial charge in [0.25, 0.3) is 5.91 Å². The van der Waals surface area contributed by atoms with Crippen molar-refractivity contribution < 1.29 is 28.6 Å². The number of hydrogen-bond acceptors (Lipinski definition) is 6. The summed E-state index contributed by atoms with van der Waals surface area (Å²) in [5.41, 5.74) is 1.42. The average molecular weight is 399 g/mol. The molecule has 0 aromatic heterocycles. The van der Waals surface area contributed by atoms with Gasteiger partial charge in [-0.1, -0.05) is 32.0 Å². The number of ether oxygens (including phenoxy) is 3. The van der Waals surface area contributed by atoms with E-state index in [0.717, 1.165) is 5.56 Å². The molecule has 0 aliphatic rings. The third-order valence-corrected chi connectivity index (χ3v) is 4.32. The molecule has 2 rings (SSSR count). The highest BCUT2D eigenvalue weighted by atomic mass is 16.5. The number of anilines is 1. The van der Waals surface area contributed by atoms with Crippen LogP contribution in [0.15, 0.2) is 42.5 Å². The van der Waals surface area contributed by atoms with Crippen LogP contribution in [0.3, 0.4) is 0 Å². The topological polar surface area (TPSA) is 90.9 Å². The highest BCUT2D eigenvalue weighted by molar-refractivity contribution is 6.04. The van der Waals surface area contributed by atoms with Crippen LogP contribution in [0, 0.1) is 0 Å². The lowest BCUT2D eigenvalue weighted by molar-refractivity contribution is -0.122. The highest BCUT2D eigenvalue weighted by Gasteiger charge is 2.21. The minimum Gasteiger partial charge on any atom is -0.481 e. The van der Waals surface area contributed by atoms with Crippen LogP contribution in [0.2, 0.25) is 0 Å². The number of methoxy groups -OCH3 is 2. The van der Waals surface area contributed by atoms with Crippen molar-refractivity contribution in [3.8, 4) is 5.75 Å². The van der Waals surface area contributed by atoms with Crippen LogP contribution in [-0.2, 0) is 14.3 Å². The van der Waals surface area contributed by atoms with Gasteiger partial charge < -0.3 is 19.5 Å². The summed E-state index contributed by atoms with van der Waals surface area (Å²) in [6.45, 7) is 5.68. The average Bonchev–Trinajstić information content (AvgIpc) is 2.72. The first-order chi connectivity index (χ1) is 13.8. The van der Waals surface area contributed by atoms with E-state index in [1.165, 1.54) is 32.4 Å². The minimum atomic E-state index is -0.845. The van der Waals surface area contributed by atoms with E-state index in [-0.39, 0.29) is 22.7 Å². The molecular formula is C22H25NO6. The third-order valence-electron chi connectivity index (χ3n) is 4.32. The van der Waals surface area contributed by atoms with Crippen LogP contribution in [0.5, 0.6) is 5.75 Å². The summed E-state index contributed by atoms with van der Waals surface area (Å²) >= 11 is 0. The van der Waals surface area contributed by atoms with Crippen molar-refractivity contribution in [2.24, 2.45) is 0 Å². The molecule has 2 aromatic carbocycles. The van der Waals surface area contributed by atoms with Crippen molar-refractivity contribution in [3.63, 3.8) is 0 Å². The number of esters is 2. The summed E-state index contributed by atoms with van der Waals surface area (Å²) in [6.07, 6.45) is -0.845. The lowest BCUT2D eigenvalue weighted by atomic mass is 10.0. The Morgan fingerprint density at radius 2 is 1.55 bits per heavy atom. The van der Waals surface area contributed by atoms with E-state index < -0.39 is 23.9 Å². The zero-order chi connectivity index (χ0) is 21.6. The van der Waals surface area contributed by atoms with Crippen molar-refractivity contribution in [2.45, 2.75) is 32.8 Å². The van der Waals surface area contributed by atoms with Gasteiger partial charge in [-0.25, -0.2) is 9.59 Å². The van der Waals surface area contributed by atoms with E-state index >= 15 is 0 Å². The van der Waals surface area contributed by atoms with Crippen LogP contribution >= 0.6 is 0 Å². The lowest BCUT2D eigenvalue weighted by Crippen LogP contribution is -2.31. The third kappa shape index (κ3) is 5.34. The highest BCUT2D eigenvalue weighted by Crippen LogP contribution is 2.27. The molecule has 0 aliphatic heterocycles. The van der Waals surface area contributed by atoms with Gasteiger partial charge in [0, 0.05) is 0 Å². The van der Waals surface area contributed by atoms with Gasteiger partial charge in [0.05, 0.1) is 31.0 Å². The Balaban J connectivity index is 2.26. The van der Waals surface area contributed by atoms with Gasteiger partial charge in [0.2, 0.25) is 0 Å². The SMILES string of the molecule is COC(=O)c1ccc(C(=O)OC)c(NC(=O)C(C)Oc2ccccc2C(C)C)c1. The van der Waals surface area contributed by atoms with Crippen LogP contribution in [0.4, 0.5) is 5.69 Å². The van der Waals surface area contributed by atoms with Gasteiger partial charge in [-0.05, 0) is 42.7 Å². The quantitative estimate of drug-likeness (QED) is 0.713. The monoisotopic (exact) mass is 399 g/mol. The Morgan fingerprint density at radius 1 is 0.897 bits per heavy atom. The van der Waals surface area contributed by atoms with Gasteiger partial charge >= 0.3 is 11.9 Å². The molecule has 0 saturated heterocycles. The number of nitrogens with one attached hydrogen (secondary N) is 1. The maximum atomic E-state index is 12.7. The lowest BCUT2D eigenvalue weighted by Gasteiger charge is -2.19. The Bertz CT molecular complexity index is 906. The molecule has 0 saturated carbocycles. The number of hydrogen-bond donors (Lipinski definition) is 1. The number of rotatable bonds is 7. The Hall–Kier alpha value is -3.35. The number of carbonyl (C=O) groups is 3. The summed E-state index contributed by atoms with van der Waals surface area (Å²) in [5, 5.41) is 2.64. The molecule has 0 bridgehead atoms. The van der Waals surface area contributed by atoms with Crippen molar-refractivity contribution in [1.29, 1.82) is 0 Å². The van der Waals surface area contributed by atoms with Gasteiger partial charge in [-0.3, -0.25) is 4.79 Å². The van der Waals surface area contributed by atoms with Crippen LogP contribution in [0.25, 0.3) is 0 Å². The second kappa shape index (κ2) is 9.73. The standard InChI is InChI=1S/C22H25NO6/c1-13(2)16-8-6-7-9-19(16)29-14(3)20(24)23-18-12-15(21(25)27-4)10-11-17(18)22(26)28-5/h6-14H,1-5H3,(H,23,24). The number of carbonyl (C=O) groups excluding carboxylic acids is 3. The molecule has 0 fully saturated rings. The molecule has 1 N–H and O–H groups in total. The smallest absolute Gasteiger partial charge is 0.339 e. The molecule has 1 atom stereocenters. The first-order valence-electron chi connectivity index (χ1n) is 9.15. The zero-order valence-corrected chi connectivity index (χ0v) is 17.1. The minimum absolute atomic E-state index is 0.114. The normalized spacial score (nSPS) is 11.5. The molecule has 7 nitrogen and oxygen atoms in total. The molecule has 0 radical (unpaired) electrons. The van der Waals surface area contributed by atoms with Gasteiger partial charge in [-0.2, -0.15) is 0 Å². The summed E-state index contributed by atoms with van der Waals surface area (Å²) < 4.78 is 15.3. The summed E-state index contributed by atoms with van der Waals surface area (Å²) in [6, 6.07) is 11.7. The van der Waals surface area contributed by atoms with E-state index in [1.54, 1.807) is 13.0 Å². The zero-order valence-electron chi connectivity index (χ0n) is 17.1. The van der Waals surface area contributed by atoms with Gasteiger partial charge in [0.1, 0.15) is 5.75 Å². The Labute approximate surface area is 170 Å². The van der Waals surface area contributed by atoms with E-state index in [9.17, 15) is 14.4 Å². The van der Waals surface area contributed by atoms with E-state index in [0.29, 0.717) is 5.75 Å². The Kier molecular flexibility index (Phi) is 7.36. The second-order valence-electron chi connectivity index (χ2n) is 6.69. The van der Waals surface area contributed by atoms with Crippen LogP contribution in [-0.4, -0.2) is 38.2 Å². The van der Waals surface area contributed by atoms with E-state index in [4.69, 9.17) is 14.2 Å². The fraction of sp³-hybridized carbons (Fsp3) is 0.318. The molecule has 2 aromatic rings. The molecule has 154 valence electrons.